The lowest BCUT2D eigenvalue weighted by Gasteiger charge is -2.25. The number of rotatable bonds is 4. The molecule has 0 spiro atoms. The molecule has 17 heavy (non-hydrogen) atoms. The molecule has 1 unspecified atom stereocenters. The van der Waals surface area contributed by atoms with Crippen LogP contribution in [0.2, 0.25) is 0 Å². The number of carboxylic acid groups (broad SMARTS) is 1. The molecule has 1 N–H and O–H groups in total. The van der Waals surface area contributed by atoms with Gasteiger partial charge in [-0.1, -0.05) is 6.92 Å². The van der Waals surface area contributed by atoms with Gasteiger partial charge in [0, 0.05) is 7.11 Å². The van der Waals surface area contributed by atoms with Gasteiger partial charge in [0.25, 0.3) is 0 Å². The highest BCUT2D eigenvalue weighted by molar-refractivity contribution is 5.89. The lowest BCUT2D eigenvalue weighted by Crippen LogP contribution is -2.28. The highest BCUT2D eigenvalue weighted by atomic mass is 16.5. The van der Waals surface area contributed by atoms with Crippen molar-refractivity contribution in [2.75, 3.05) is 7.11 Å². The highest BCUT2D eigenvalue weighted by Gasteiger charge is 2.29. The second kappa shape index (κ2) is 4.79. The van der Waals surface area contributed by atoms with Gasteiger partial charge in [0.05, 0.1) is 11.4 Å². The molecular formula is C12H18N2O3. The maximum atomic E-state index is 11.0. The van der Waals surface area contributed by atoms with E-state index in [9.17, 15) is 4.79 Å². The minimum absolute atomic E-state index is 0.170. The summed E-state index contributed by atoms with van der Waals surface area (Å²) >= 11 is 0. The molecule has 1 heterocycles. The smallest absolute Gasteiger partial charge is 0.339 e. The third-order valence-corrected chi connectivity index (χ3v) is 3.08. The monoisotopic (exact) mass is 238 g/mol. The predicted molar refractivity (Wildman–Crippen MR) is 63.1 cm³/mol. The lowest BCUT2D eigenvalue weighted by molar-refractivity contribution is -0.00932. The van der Waals surface area contributed by atoms with Crippen LogP contribution in [-0.4, -0.2) is 28.2 Å². The summed E-state index contributed by atoms with van der Waals surface area (Å²) in [6.45, 7) is 7.21. The van der Waals surface area contributed by atoms with E-state index in [0.717, 1.165) is 6.42 Å². The largest absolute Gasteiger partial charge is 0.478 e. The second-order valence-electron chi connectivity index (χ2n) is 4.19. The van der Waals surface area contributed by atoms with E-state index >= 15 is 0 Å². The van der Waals surface area contributed by atoms with Crippen LogP contribution in [0.4, 0.5) is 0 Å². The van der Waals surface area contributed by atoms with Crippen molar-refractivity contribution in [2.24, 2.45) is 0 Å². The second-order valence-corrected chi connectivity index (χ2v) is 4.19. The van der Waals surface area contributed by atoms with E-state index in [1.807, 2.05) is 13.8 Å². The molecule has 0 bridgehead atoms. The molecule has 0 aliphatic rings. The van der Waals surface area contributed by atoms with Crippen molar-refractivity contribution in [3.63, 3.8) is 0 Å². The molecule has 1 rings (SSSR count). The maximum absolute atomic E-state index is 11.0. The van der Waals surface area contributed by atoms with Gasteiger partial charge in [0.15, 0.2) is 5.82 Å². The summed E-state index contributed by atoms with van der Waals surface area (Å²) in [6, 6.07) is 0. The van der Waals surface area contributed by atoms with Crippen molar-refractivity contribution >= 4 is 5.97 Å². The van der Waals surface area contributed by atoms with E-state index in [1.54, 1.807) is 21.0 Å². The lowest BCUT2D eigenvalue weighted by atomic mass is 10.0. The summed E-state index contributed by atoms with van der Waals surface area (Å²) in [7, 11) is 1.60. The number of carbonyl (C=O) groups is 1. The van der Waals surface area contributed by atoms with Gasteiger partial charge in [-0.25, -0.2) is 14.8 Å². The third kappa shape index (κ3) is 2.44. The fraction of sp³-hybridized carbons (Fsp3) is 0.583. The minimum Gasteiger partial charge on any atom is -0.478 e. The summed E-state index contributed by atoms with van der Waals surface area (Å²) in [4.78, 5) is 19.5. The number of carboxylic acids is 1. The number of aryl methyl sites for hydroxylation is 2. The molecule has 1 aromatic rings. The Balaban J connectivity index is 3.37. The molecule has 0 fully saturated rings. The molecule has 0 radical (unpaired) electrons. The fourth-order valence-electron chi connectivity index (χ4n) is 1.66. The van der Waals surface area contributed by atoms with Gasteiger partial charge >= 0.3 is 5.97 Å². The van der Waals surface area contributed by atoms with Gasteiger partial charge in [-0.3, -0.25) is 0 Å². The molecule has 0 aromatic carbocycles. The van der Waals surface area contributed by atoms with Crippen molar-refractivity contribution in [2.45, 2.75) is 39.7 Å². The van der Waals surface area contributed by atoms with Gasteiger partial charge in [-0.05, 0) is 27.2 Å². The highest BCUT2D eigenvalue weighted by Crippen LogP contribution is 2.26. The van der Waals surface area contributed by atoms with E-state index in [-0.39, 0.29) is 5.56 Å². The van der Waals surface area contributed by atoms with Crippen LogP contribution in [0.1, 0.15) is 47.8 Å². The Kier molecular flexibility index (Phi) is 3.83. The van der Waals surface area contributed by atoms with E-state index < -0.39 is 11.6 Å². The first-order valence-corrected chi connectivity index (χ1v) is 5.50. The summed E-state index contributed by atoms with van der Waals surface area (Å²) in [6.07, 6.45) is 0.717. The summed E-state index contributed by atoms with van der Waals surface area (Å²) in [5.74, 6) is -0.468. The Morgan fingerprint density at radius 1 is 1.35 bits per heavy atom. The molecule has 0 aliphatic carbocycles. The third-order valence-electron chi connectivity index (χ3n) is 3.08. The number of aromatic nitrogens is 2. The zero-order valence-corrected chi connectivity index (χ0v) is 10.9. The number of hydrogen-bond acceptors (Lipinski definition) is 4. The molecule has 1 aromatic heterocycles. The van der Waals surface area contributed by atoms with Crippen LogP contribution in [0.25, 0.3) is 0 Å². The van der Waals surface area contributed by atoms with E-state index in [4.69, 9.17) is 9.84 Å². The molecular weight excluding hydrogens is 220 g/mol. The summed E-state index contributed by atoms with van der Waals surface area (Å²) in [5, 5.41) is 9.04. The Morgan fingerprint density at radius 3 is 2.12 bits per heavy atom. The molecule has 5 heteroatoms. The summed E-state index contributed by atoms with van der Waals surface area (Å²) in [5.41, 5.74) is 0.531. The first kappa shape index (κ1) is 13.6. The fourth-order valence-corrected chi connectivity index (χ4v) is 1.66. The van der Waals surface area contributed by atoms with Gasteiger partial charge in [-0.15, -0.1) is 0 Å². The molecule has 5 nitrogen and oxygen atoms in total. The van der Waals surface area contributed by atoms with Crippen LogP contribution in [0.15, 0.2) is 0 Å². The van der Waals surface area contributed by atoms with Crippen LogP contribution in [0.5, 0.6) is 0 Å². The number of methoxy groups -OCH3 is 1. The first-order chi connectivity index (χ1) is 7.85. The summed E-state index contributed by atoms with van der Waals surface area (Å²) < 4.78 is 5.41. The van der Waals surface area contributed by atoms with Gasteiger partial charge in [0.1, 0.15) is 11.2 Å². The van der Waals surface area contributed by atoms with Gasteiger partial charge in [0.2, 0.25) is 0 Å². The van der Waals surface area contributed by atoms with Crippen molar-refractivity contribution in [3.05, 3.63) is 22.8 Å². The molecule has 0 saturated heterocycles. The molecule has 1 atom stereocenters. The van der Waals surface area contributed by atoms with Crippen molar-refractivity contribution in [1.82, 2.24) is 9.97 Å². The molecule has 94 valence electrons. The van der Waals surface area contributed by atoms with Crippen molar-refractivity contribution in [1.29, 1.82) is 0 Å². The average Bonchev–Trinajstić information content (AvgIpc) is 2.26. The normalized spacial score (nSPS) is 14.4. The van der Waals surface area contributed by atoms with Crippen molar-refractivity contribution in [3.8, 4) is 0 Å². The molecule has 0 saturated carbocycles. The Bertz CT molecular complexity index is 416. The average molecular weight is 238 g/mol. The Hall–Kier alpha value is -1.49. The zero-order chi connectivity index (χ0) is 13.2. The van der Waals surface area contributed by atoms with Crippen LogP contribution in [0, 0.1) is 13.8 Å². The zero-order valence-electron chi connectivity index (χ0n) is 10.9. The van der Waals surface area contributed by atoms with E-state index in [1.165, 1.54) is 0 Å². The Labute approximate surface area is 101 Å². The number of nitrogens with zero attached hydrogens (tertiary/aromatic N) is 2. The molecule has 0 amide bonds. The number of hydrogen-bond donors (Lipinski definition) is 1. The van der Waals surface area contributed by atoms with E-state index in [2.05, 4.69) is 9.97 Å². The van der Waals surface area contributed by atoms with Crippen LogP contribution in [0.3, 0.4) is 0 Å². The predicted octanol–water partition coefficient (Wildman–Crippen LogP) is 2.06. The SMILES string of the molecule is CCC(C)(OC)c1nc(C)c(C(=O)O)c(C)n1. The van der Waals surface area contributed by atoms with Crippen LogP contribution in [-0.2, 0) is 10.3 Å². The Morgan fingerprint density at radius 2 is 1.82 bits per heavy atom. The molecule has 0 aliphatic heterocycles. The van der Waals surface area contributed by atoms with E-state index in [0.29, 0.717) is 17.2 Å². The minimum atomic E-state index is -0.998. The van der Waals surface area contributed by atoms with Gasteiger partial charge < -0.3 is 9.84 Å². The van der Waals surface area contributed by atoms with Crippen LogP contribution >= 0.6 is 0 Å². The number of aromatic carboxylic acids is 1. The maximum Gasteiger partial charge on any atom is 0.339 e. The number of ether oxygens (including phenoxy) is 1. The van der Waals surface area contributed by atoms with Crippen LogP contribution < -0.4 is 0 Å². The first-order valence-electron chi connectivity index (χ1n) is 5.50. The standard InChI is InChI=1S/C12H18N2O3/c1-6-12(4,17-5)11-13-7(2)9(10(15)16)8(3)14-11/h6H2,1-5H3,(H,15,16). The van der Waals surface area contributed by atoms with Crippen molar-refractivity contribution < 1.29 is 14.6 Å². The quantitative estimate of drug-likeness (QED) is 0.869. The topological polar surface area (TPSA) is 72.3 Å². The van der Waals surface area contributed by atoms with Gasteiger partial charge in [-0.2, -0.15) is 0 Å².